The zero-order valence-corrected chi connectivity index (χ0v) is 10.3. The Morgan fingerprint density at radius 2 is 2.00 bits per heavy atom. The van der Waals surface area contributed by atoms with Gasteiger partial charge in [0.2, 0.25) is 0 Å². The molecule has 2 atom stereocenters. The monoisotopic (exact) mass is 247 g/mol. The van der Waals surface area contributed by atoms with Gasteiger partial charge in [0, 0.05) is 11.6 Å². The summed E-state index contributed by atoms with van der Waals surface area (Å²) < 4.78 is 0. The van der Waals surface area contributed by atoms with E-state index in [4.69, 9.17) is 5.11 Å². The Bertz CT molecular complexity index is 470. The van der Waals surface area contributed by atoms with E-state index in [-0.39, 0.29) is 17.9 Å². The van der Waals surface area contributed by atoms with Crippen molar-refractivity contribution in [2.75, 3.05) is 0 Å². The predicted octanol–water partition coefficient (Wildman–Crippen LogP) is 1.98. The van der Waals surface area contributed by atoms with Crippen molar-refractivity contribution in [2.24, 2.45) is 5.92 Å². The lowest BCUT2D eigenvalue weighted by atomic mass is 10.1. The molecule has 0 bridgehead atoms. The molecule has 1 aromatic rings. The molecule has 0 aliphatic heterocycles. The largest absolute Gasteiger partial charge is 0.481 e. The summed E-state index contributed by atoms with van der Waals surface area (Å²) in [5.41, 5.74) is 1.60. The second-order valence-electron chi connectivity index (χ2n) is 4.83. The van der Waals surface area contributed by atoms with Crippen LogP contribution in [0.3, 0.4) is 0 Å². The van der Waals surface area contributed by atoms with Crippen LogP contribution < -0.4 is 5.32 Å². The second-order valence-corrected chi connectivity index (χ2v) is 4.83. The van der Waals surface area contributed by atoms with E-state index in [9.17, 15) is 9.59 Å². The molecule has 1 aliphatic rings. The number of aliphatic carboxylic acids is 1. The van der Waals surface area contributed by atoms with Crippen molar-refractivity contribution in [1.82, 2.24) is 5.32 Å². The van der Waals surface area contributed by atoms with Crippen molar-refractivity contribution < 1.29 is 14.7 Å². The SMILES string of the molecule is Cc1ccccc1C(=O)N[C@H]1CC[C@H](C(=O)O)C1. The van der Waals surface area contributed by atoms with Gasteiger partial charge in [-0.15, -0.1) is 0 Å². The van der Waals surface area contributed by atoms with Crippen molar-refractivity contribution >= 4 is 11.9 Å². The predicted molar refractivity (Wildman–Crippen MR) is 67.4 cm³/mol. The third-order valence-corrected chi connectivity index (χ3v) is 3.51. The molecule has 0 unspecified atom stereocenters. The van der Waals surface area contributed by atoms with E-state index >= 15 is 0 Å². The first-order chi connectivity index (χ1) is 8.58. The minimum atomic E-state index is -0.761. The summed E-state index contributed by atoms with van der Waals surface area (Å²) in [5.74, 6) is -1.18. The van der Waals surface area contributed by atoms with Gasteiger partial charge >= 0.3 is 5.97 Å². The van der Waals surface area contributed by atoms with Crippen LogP contribution in [0, 0.1) is 12.8 Å². The van der Waals surface area contributed by atoms with Crippen LogP contribution >= 0.6 is 0 Å². The number of hydrogen-bond acceptors (Lipinski definition) is 2. The highest BCUT2D eigenvalue weighted by molar-refractivity contribution is 5.95. The highest BCUT2D eigenvalue weighted by Crippen LogP contribution is 2.26. The van der Waals surface area contributed by atoms with Crippen LogP contribution in [0.5, 0.6) is 0 Å². The van der Waals surface area contributed by atoms with E-state index in [0.29, 0.717) is 18.4 Å². The molecule has 2 rings (SSSR count). The Hall–Kier alpha value is -1.84. The highest BCUT2D eigenvalue weighted by Gasteiger charge is 2.30. The van der Waals surface area contributed by atoms with Crippen molar-refractivity contribution in [1.29, 1.82) is 0 Å². The molecule has 18 heavy (non-hydrogen) atoms. The van der Waals surface area contributed by atoms with Gasteiger partial charge in [-0.25, -0.2) is 0 Å². The first kappa shape index (κ1) is 12.6. The minimum Gasteiger partial charge on any atom is -0.481 e. The molecule has 1 fully saturated rings. The number of carboxylic acid groups (broad SMARTS) is 1. The maximum Gasteiger partial charge on any atom is 0.306 e. The molecule has 0 saturated heterocycles. The summed E-state index contributed by atoms with van der Waals surface area (Å²) in [6, 6.07) is 7.38. The third-order valence-electron chi connectivity index (χ3n) is 3.51. The number of aryl methyl sites for hydroxylation is 1. The molecule has 1 saturated carbocycles. The van der Waals surface area contributed by atoms with Gasteiger partial charge in [-0.3, -0.25) is 9.59 Å². The lowest BCUT2D eigenvalue weighted by Gasteiger charge is -2.13. The fraction of sp³-hybridized carbons (Fsp3) is 0.429. The summed E-state index contributed by atoms with van der Waals surface area (Å²) in [6.07, 6.45) is 1.93. The van der Waals surface area contributed by atoms with Crippen molar-refractivity contribution in [3.05, 3.63) is 35.4 Å². The first-order valence-corrected chi connectivity index (χ1v) is 6.17. The van der Waals surface area contributed by atoms with E-state index in [1.54, 1.807) is 6.07 Å². The van der Waals surface area contributed by atoms with E-state index in [1.807, 2.05) is 25.1 Å². The van der Waals surface area contributed by atoms with Crippen LogP contribution in [0.2, 0.25) is 0 Å². The van der Waals surface area contributed by atoms with Crippen LogP contribution in [0.4, 0.5) is 0 Å². The van der Waals surface area contributed by atoms with Gasteiger partial charge in [0.1, 0.15) is 0 Å². The van der Waals surface area contributed by atoms with Crippen LogP contribution in [0.1, 0.15) is 35.2 Å². The topological polar surface area (TPSA) is 66.4 Å². The van der Waals surface area contributed by atoms with Gasteiger partial charge in [0.05, 0.1) is 5.92 Å². The van der Waals surface area contributed by atoms with Gasteiger partial charge < -0.3 is 10.4 Å². The highest BCUT2D eigenvalue weighted by atomic mass is 16.4. The summed E-state index contributed by atoms with van der Waals surface area (Å²) >= 11 is 0. The Labute approximate surface area is 106 Å². The quantitative estimate of drug-likeness (QED) is 0.858. The van der Waals surface area contributed by atoms with Gasteiger partial charge in [-0.1, -0.05) is 18.2 Å². The Balaban J connectivity index is 1.97. The lowest BCUT2D eigenvalue weighted by molar-refractivity contribution is -0.141. The van der Waals surface area contributed by atoms with Crippen LogP contribution in [-0.2, 0) is 4.79 Å². The maximum atomic E-state index is 12.0. The molecule has 1 amide bonds. The fourth-order valence-corrected chi connectivity index (χ4v) is 2.43. The Morgan fingerprint density at radius 1 is 1.28 bits per heavy atom. The van der Waals surface area contributed by atoms with Crippen molar-refractivity contribution in [3.63, 3.8) is 0 Å². The number of rotatable bonds is 3. The standard InChI is InChI=1S/C14H17NO3/c1-9-4-2-3-5-12(9)13(16)15-11-7-6-10(8-11)14(17)18/h2-5,10-11H,6-8H2,1H3,(H,15,16)(H,17,18)/t10-,11-/m0/s1. The number of benzene rings is 1. The molecule has 0 radical (unpaired) electrons. The summed E-state index contributed by atoms with van der Waals surface area (Å²) in [5, 5.41) is 11.8. The van der Waals surface area contributed by atoms with E-state index in [0.717, 1.165) is 12.0 Å². The van der Waals surface area contributed by atoms with Crippen molar-refractivity contribution in [2.45, 2.75) is 32.2 Å². The second kappa shape index (κ2) is 5.21. The number of carbonyl (C=O) groups is 2. The fourth-order valence-electron chi connectivity index (χ4n) is 2.43. The number of amides is 1. The average Bonchev–Trinajstić information content (AvgIpc) is 2.78. The third kappa shape index (κ3) is 2.70. The molecule has 0 aromatic heterocycles. The molecular formula is C14H17NO3. The molecule has 4 nitrogen and oxygen atoms in total. The minimum absolute atomic E-state index is 0.0155. The van der Waals surface area contributed by atoms with Crippen LogP contribution in [0.15, 0.2) is 24.3 Å². The molecular weight excluding hydrogens is 230 g/mol. The Kier molecular flexibility index (Phi) is 3.65. The Morgan fingerprint density at radius 3 is 2.61 bits per heavy atom. The molecule has 2 N–H and O–H groups in total. The number of nitrogens with one attached hydrogen (secondary N) is 1. The summed E-state index contributed by atoms with van der Waals surface area (Å²) in [4.78, 5) is 22.9. The molecule has 4 heteroatoms. The zero-order valence-electron chi connectivity index (χ0n) is 10.3. The molecule has 1 aromatic carbocycles. The number of carboxylic acids is 1. The summed E-state index contributed by atoms with van der Waals surface area (Å²) in [6.45, 7) is 1.89. The van der Waals surface area contributed by atoms with Crippen molar-refractivity contribution in [3.8, 4) is 0 Å². The molecule has 0 spiro atoms. The molecule has 96 valence electrons. The van der Waals surface area contributed by atoms with Gasteiger partial charge in [-0.2, -0.15) is 0 Å². The smallest absolute Gasteiger partial charge is 0.306 e. The normalized spacial score (nSPS) is 22.7. The summed E-state index contributed by atoms with van der Waals surface area (Å²) in [7, 11) is 0. The lowest BCUT2D eigenvalue weighted by Crippen LogP contribution is -2.33. The van der Waals surface area contributed by atoms with E-state index in [1.165, 1.54) is 0 Å². The zero-order chi connectivity index (χ0) is 13.1. The first-order valence-electron chi connectivity index (χ1n) is 6.17. The van der Waals surface area contributed by atoms with E-state index < -0.39 is 5.97 Å². The maximum absolute atomic E-state index is 12.0. The molecule has 1 aliphatic carbocycles. The van der Waals surface area contributed by atoms with Gasteiger partial charge in [-0.05, 0) is 37.8 Å². The number of carbonyl (C=O) groups excluding carboxylic acids is 1. The molecule has 0 heterocycles. The average molecular weight is 247 g/mol. The van der Waals surface area contributed by atoms with E-state index in [2.05, 4.69) is 5.32 Å². The van der Waals surface area contributed by atoms with Crippen LogP contribution in [0.25, 0.3) is 0 Å². The van der Waals surface area contributed by atoms with Crippen LogP contribution in [-0.4, -0.2) is 23.0 Å². The van der Waals surface area contributed by atoms with Gasteiger partial charge in [0.15, 0.2) is 0 Å². The van der Waals surface area contributed by atoms with Gasteiger partial charge in [0.25, 0.3) is 5.91 Å². The number of hydrogen-bond donors (Lipinski definition) is 2.